The zero-order chi connectivity index (χ0) is 23.4. The number of esters is 1. The molecular formula is C25H24N2O5S. The molecule has 0 amide bonds. The van der Waals surface area contributed by atoms with Gasteiger partial charge in [-0.2, -0.15) is 0 Å². The predicted molar refractivity (Wildman–Crippen MR) is 129 cm³/mol. The number of benzene rings is 2. The van der Waals surface area contributed by atoms with E-state index in [1.165, 1.54) is 11.3 Å². The van der Waals surface area contributed by atoms with Gasteiger partial charge in [0.05, 0.1) is 44.6 Å². The van der Waals surface area contributed by atoms with Crippen LogP contribution in [0.2, 0.25) is 0 Å². The Kier molecular flexibility index (Phi) is 6.74. The molecule has 4 aromatic rings. The number of thiophene rings is 1. The van der Waals surface area contributed by atoms with Crippen LogP contribution in [0.4, 0.5) is 0 Å². The number of hydrogen-bond acceptors (Lipinski definition) is 7. The molecule has 0 aliphatic rings. The van der Waals surface area contributed by atoms with Crippen molar-refractivity contribution in [1.29, 1.82) is 0 Å². The first-order chi connectivity index (χ1) is 16.0. The summed E-state index contributed by atoms with van der Waals surface area (Å²) in [5.74, 6) is 0.840. The predicted octanol–water partition coefficient (Wildman–Crippen LogP) is 4.76. The molecule has 7 nitrogen and oxygen atoms in total. The fourth-order valence-corrected chi connectivity index (χ4v) is 4.47. The van der Waals surface area contributed by atoms with E-state index in [2.05, 4.69) is 4.98 Å². The molecule has 0 saturated carbocycles. The molecule has 0 saturated heterocycles. The van der Waals surface area contributed by atoms with Crippen molar-refractivity contribution >= 4 is 27.5 Å². The lowest BCUT2D eigenvalue weighted by Gasteiger charge is -2.10. The third kappa shape index (κ3) is 4.61. The van der Waals surface area contributed by atoms with E-state index in [0.717, 1.165) is 23.1 Å². The highest BCUT2D eigenvalue weighted by atomic mass is 32.1. The van der Waals surface area contributed by atoms with E-state index < -0.39 is 0 Å². The zero-order valence-electron chi connectivity index (χ0n) is 18.7. The van der Waals surface area contributed by atoms with Crippen LogP contribution in [0.15, 0.2) is 59.0 Å². The Morgan fingerprint density at radius 3 is 2.67 bits per heavy atom. The number of rotatable bonds is 8. The minimum Gasteiger partial charge on any atom is -0.493 e. The van der Waals surface area contributed by atoms with Gasteiger partial charge >= 0.3 is 5.97 Å². The summed E-state index contributed by atoms with van der Waals surface area (Å²) in [4.78, 5) is 30.8. The third-order valence-corrected chi connectivity index (χ3v) is 6.09. The smallest absolute Gasteiger partial charge is 0.338 e. The zero-order valence-corrected chi connectivity index (χ0v) is 19.5. The van der Waals surface area contributed by atoms with Crippen molar-refractivity contribution in [2.24, 2.45) is 0 Å². The first-order valence-electron chi connectivity index (χ1n) is 10.5. The van der Waals surface area contributed by atoms with E-state index in [4.69, 9.17) is 14.2 Å². The monoisotopic (exact) mass is 464 g/mol. The topological polar surface area (TPSA) is 79.7 Å². The fraction of sp³-hybridized carbons (Fsp3) is 0.240. The lowest BCUT2D eigenvalue weighted by Crippen LogP contribution is -2.21. The molecule has 0 radical (unpaired) electrons. The van der Waals surface area contributed by atoms with Crippen LogP contribution in [-0.4, -0.2) is 36.3 Å². The highest BCUT2D eigenvalue weighted by Crippen LogP contribution is 2.36. The molecule has 8 heteroatoms. The number of methoxy groups -OCH3 is 2. The van der Waals surface area contributed by atoms with Gasteiger partial charge in [-0.25, -0.2) is 9.78 Å². The van der Waals surface area contributed by atoms with Gasteiger partial charge in [-0.3, -0.25) is 9.36 Å². The molecule has 170 valence electrons. The van der Waals surface area contributed by atoms with Crippen LogP contribution in [0.5, 0.6) is 11.5 Å². The summed E-state index contributed by atoms with van der Waals surface area (Å²) in [5, 5.41) is 2.47. The molecule has 0 bridgehead atoms. The van der Waals surface area contributed by atoms with E-state index in [0.29, 0.717) is 33.9 Å². The Bertz CT molecular complexity index is 1360. The van der Waals surface area contributed by atoms with Crippen molar-refractivity contribution in [2.75, 3.05) is 20.8 Å². The van der Waals surface area contributed by atoms with Crippen LogP contribution in [0.3, 0.4) is 0 Å². The summed E-state index contributed by atoms with van der Waals surface area (Å²) >= 11 is 1.42. The lowest BCUT2D eigenvalue weighted by atomic mass is 10.1. The van der Waals surface area contributed by atoms with Crippen molar-refractivity contribution in [3.8, 4) is 22.6 Å². The van der Waals surface area contributed by atoms with Crippen molar-refractivity contribution in [3.63, 3.8) is 0 Å². The number of carbonyl (C=O) groups is 1. The van der Waals surface area contributed by atoms with E-state index in [1.807, 2.05) is 36.6 Å². The molecule has 2 aromatic carbocycles. The maximum Gasteiger partial charge on any atom is 0.338 e. The first kappa shape index (κ1) is 22.5. The van der Waals surface area contributed by atoms with Crippen LogP contribution >= 0.6 is 11.3 Å². The molecule has 2 heterocycles. The minimum atomic E-state index is -0.367. The van der Waals surface area contributed by atoms with Gasteiger partial charge < -0.3 is 14.2 Å². The largest absolute Gasteiger partial charge is 0.493 e. The van der Waals surface area contributed by atoms with Gasteiger partial charge in [-0.15, -0.1) is 11.3 Å². The van der Waals surface area contributed by atoms with Crippen LogP contribution in [0, 0.1) is 0 Å². The fourth-order valence-electron chi connectivity index (χ4n) is 3.57. The van der Waals surface area contributed by atoms with Crippen molar-refractivity contribution in [1.82, 2.24) is 9.55 Å². The summed E-state index contributed by atoms with van der Waals surface area (Å²) in [6.07, 6.45) is 2.30. The Morgan fingerprint density at radius 2 is 1.91 bits per heavy atom. The standard InChI is InChI=1S/C25H24N2O5S/c1-4-10-32-25(29)18-7-5-6-16(11-18)13-27-15-26-23-22(24(27)28)19(14-33-23)17-8-9-20(30-2)21(12-17)31-3/h5-9,11-12,14-15H,4,10,13H2,1-3H3. The number of fused-ring (bicyclic) bond motifs is 1. The van der Waals surface area contributed by atoms with Gasteiger partial charge in [-0.05, 0) is 41.8 Å². The van der Waals surface area contributed by atoms with Gasteiger partial charge in [0.25, 0.3) is 5.56 Å². The highest BCUT2D eigenvalue weighted by Gasteiger charge is 2.16. The molecule has 2 aromatic heterocycles. The van der Waals surface area contributed by atoms with Crippen molar-refractivity contribution < 1.29 is 19.0 Å². The Balaban J connectivity index is 1.70. The second-order valence-corrected chi connectivity index (χ2v) is 8.27. The average Bonchev–Trinajstić information content (AvgIpc) is 3.29. The Morgan fingerprint density at radius 1 is 1.09 bits per heavy atom. The van der Waals surface area contributed by atoms with Crippen LogP contribution in [-0.2, 0) is 11.3 Å². The minimum absolute atomic E-state index is 0.148. The second kappa shape index (κ2) is 9.87. The molecule has 0 unspecified atom stereocenters. The third-order valence-electron chi connectivity index (χ3n) is 5.21. The summed E-state index contributed by atoms with van der Waals surface area (Å²) in [7, 11) is 3.16. The van der Waals surface area contributed by atoms with E-state index in [1.54, 1.807) is 43.3 Å². The molecule has 33 heavy (non-hydrogen) atoms. The molecule has 0 N–H and O–H groups in total. The normalized spacial score (nSPS) is 10.9. The van der Waals surface area contributed by atoms with E-state index in [9.17, 15) is 9.59 Å². The molecule has 0 spiro atoms. The van der Waals surface area contributed by atoms with E-state index in [-0.39, 0.29) is 18.1 Å². The summed E-state index contributed by atoms with van der Waals surface area (Å²) in [6, 6.07) is 12.7. The molecule has 0 fully saturated rings. The van der Waals surface area contributed by atoms with Gasteiger partial charge in [0.1, 0.15) is 4.83 Å². The quantitative estimate of drug-likeness (QED) is 0.350. The number of aromatic nitrogens is 2. The van der Waals surface area contributed by atoms with Crippen LogP contribution < -0.4 is 15.0 Å². The number of carbonyl (C=O) groups excluding carboxylic acids is 1. The Hall–Kier alpha value is -3.65. The number of ether oxygens (including phenoxy) is 3. The molecule has 0 aliphatic heterocycles. The van der Waals surface area contributed by atoms with Crippen molar-refractivity contribution in [3.05, 3.63) is 75.7 Å². The van der Waals surface area contributed by atoms with Crippen LogP contribution in [0.25, 0.3) is 21.3 Å². The van der Waals surface area contributed by atoms with Gasteiger partial charge in [0, 0.05) is 10.9 Å². The van der Waals surface area contributed by atoms with E-state index >= 15 is 0 Å². The SMILES string of the molecule is CCCOC(=O)c1cccc(Cn2cnc3scc(-c4ccc(OC)c(OC)c4)c3c2=O)c1. The maximum atomic E-state index is 13.4. The highest BCUT2D eigenvalue weighted by molar-refractivity contribution is 7.17. The van der Waals surface area contributed by atoms with Gasteiger partial charge in [-0.1, -0.05) is 25.1 Å². The summed E-state index contributed by atoms with van der Waals surface area (Å²) < 4.78 is 17.5. The second-order valence-electron chi connectivity index (χ2n) is 7.41. The molecule has 4 rings (SSSR count). The number of hydrogen-bond donors (Lipinski definition) is 0. The maximum absolute atomic E-state index is 13.4. The summed E-state index contributed by atoms with van der Waals surface area (Å²) in [5.41, 5.74) is 2.76. The van der Waals surface area contributed by atoms with Gasteiger partial charge in [0.15, 0.2) is 11.5 Å². The number of nitrogens with zero attached hydrogens (tertiary/aromatic N) is 2. The molecular weight excluding hydrogens is 440 g/mol. The molecule has 0 aliphatic carbocycles. The average molecular weight is 465 g/mol. The summed E-state index contributed by atoms with van der Waals surface area (Å²) in [6.45, 7) is 2.61. The lowest BCUT2D eigenvalue weighted by molar-refractivity contribution is 0.0505. The molecule has 0 atom stereocenters. The van der Waals surface area contributed by atoms with Gasteiger partial charge in [0.2, 0.25) is 0 Å². The Labute approximate surface area is 195 Å². The van der Waals surface area contributed by atoms with Crippen molar-refractivity contribution in [2.45, 2.75) is 19.9 Å². The van der Waals surface area contributed by atoms with Crippen LogP contribution in [0.1, 0.15) is 29.3 Å². The first-order valence-corrected chi connectivity index (χ1v) is 11.4.